The van der Waals surface area contributed by atoms with Crippen LogP contribution in [-0.2, 0) is 0 Å². The van der Waals surface area contributed by atoms with Crippen molar-refractivity contribution in [2.45, 2.75) is 6.92 Å². The minimum absolute atomic E-state index is 0.245. The highest BCUT2D eigenvalue weighted by molar-refractivity contribution is 6.08. The van der Waals surface area contributed by atoms with Crippen LogP contribution in [0.4, 0.5) is 5.69 Å². The number of hydrogen-bond donors (Lipinski definition) is 1. The van der Waals surface area contributed by atoms with Crippen molar-refractivity contribution in [1.82, 2.24) is 9.78 Å². The highest BCUT2D eigenvalue weighted by Crippen LogP contribution is 2.33. The Balaban J connectivity index is 1.38. The molecule has 0 radical (unpaired) electrons. The lowest BCUT2D eigenvalue weighted by Crippen LogP contribution is -2.12. The molecule has 0 aliphatic heterocycles. The highest BCUT2D eigenvalue weighted by atomic mass is 16.5. The molecule has 0 aliphatic carbocycles. The van der Waals surface area contributed by atoms with Crippen LogP contribution in [0, 0.1) is 6.92 Å². The van der Waals surface area contributed by atoms with Crippen LogP contribution < -0.4 is 14.8 Å². The third kappa shape index (κ3) is 4.98. The summed E-state index contributed by atoms with van der Waals surface area (Å²) in [6, 6.07) is 32.4. The maximum absolute atomic E-state index is 13.3. The topological polar surface area (TPSA) is 65.4 Å². The molecule has 0 saturated carbocycles. The van der Waals surface area contributed by atoms with Gasteiger partial charge in [0.05, 0.1) is 18.4 Å². The van der Waals surface area contributed by atoms with Gasteiger partial charge in [-0.05, 0) is 61.0 Å². The number of para-hydroxylation sites is 1. The number of anilines is 1. The van der Waals surface area contributed by atoms with Gasteiger partial charge < -0.3 is 14.8 Å². The van der Waals surface area contributed by atoms with Crippen molar-refractivity contribution in [2.75, 3.05) is 12.4 Å². The van der Waals surface area contributed by atoms with Crippen LogP contribution in [0.1, 0.15) is 15.9 Å². The van der Waals surface area contributed by atoms with E-state index in [1.54, 1.807) is 42.3 Å². The Kier molecular flexibility index (Phi) is 6.49. The van der Waals surface area contributed by atoms with Crippen LogP contribution in [0.5, 0.6) is 17.2 Å². The smallest absolute Gasteiger partial charge is 0.259 e. The first-order valence-electron chi connectivity index (χ1n) is 11.5. The lowest BCUT2D eigenvalue weighted by molar-refractivity contribution is 0.102. The number of aromatic nitrogens is 2. The molecule has 0 aliphatic rings. The SMILES string of the molecule is COc1cc(C)ccc1Oc1ccc(NC(=O)c2cn(-c3ccccc3)nc2-c2ccccc2)cc1. The first-order chi connectivity index (χ1) is 17.6. The van der Waals surface area contributed by atoms with Gasteiger partial charge in [0.2, 0.25) is 0 Å². The zero-order chi connectivity index (χ0) is 24.9. The van der Waals surface area contributed by atoms with Crippen molar-refractivity contribution in [3.63, 3.8) is 0 Å². The predicted octanol–water partition coefficient (Wildman–Crippen LogP) is 6.90. The minimum Gasteiger partial charge on any atom is -0.493 e. The number of amides is 1. The number of carbonyl (C=O) groups excluding carboxylic acids is 1. The number of benzene rings is 4. The number of hydrogen-bond acceptors (Lipinski definition) is 4. The van der Waals surface area contributed by atoms with Crippen molar-refractivity contribution in [3.05, 3.63) is 120 Å². The summed E-state index contributed by atoms with van der Waals surface area (Å²) in [7, 11) is 1.61. The third-order valence-corrected chi connectivity index (χ3v) is 5.69. The molecule has 0 unspecified atom stereocenters. The summed E-state index contributed by atoms with van der Waals surface area (Å²) in [5.41, 5.74) is 4.57. The summed E-state index contributed by atoms with van der Waals surface area (Å²) in [5.74, 6) is 1.68. The summed E-state index contributed by atoms with van der Waals surface area (Å²) < 4.78 is 13.1. The molecule has 1 aromatic heterocycles. The van der Waals surface area contributed by atoms with E-state index >= 15 is 0 Å². The van der Waals surface area contributed by atoms with Crippen LogP contribution >= 0.6 is 0 Å². The normalized spacial score (nSPS) is 10.6. The molecule has 5 aromatic rings. The number of nitrogens with zero attached hydrogens (tertiary/aromatic N) is 2. The van der Waals surface area contributed by atoms with Crippen LogP contribution in [0.25, 0.3) is 16.9 Å². The van der Waals surface area contributed by atoms with Crippen LogP contribution in [0.2, 0.25) is 0 Å². The molecular formula is C30H25N3O3. The van der Waals surface area contributed by atoms with E-state index < -0.39 is 0 Å². The quantitative estimate of drug-likeness (QED) is 0.278. The second-order valence-electron chi connectivity index (χ2n) is 8.27. The van der Waals surface area contributed by atoms with Gasteiger partial charge in [0.25, 0.3) is 5.91 Å². The minimum atomic E-state index is -0.245. The van der Waals surface area contributed by atoms with Crippen molar-refractivity contribution in [1.29, 1.82) is 0 Å². The van der Waals surface area contributed by atoms with E-state index in [0.717, 1.165) is 16.8 Å². The Morgan fingerprint density at radius 1 is 0.833 bits per heavy atom. The average Bonchev–Trinajstić information content (AvgIpc) is 3.38. The van der Waals surface area contributed by atoms with Gasteiger partial charge in [0.1, 0.15) is 11.4 Å². The van der Waals surface area contributed by atoms with Gasteiger partial charge in [0.15, 0.2) is 11.5 Å². The first kappa shape index (κ1) is 22.9. The van der Waals surface area contributed by atoms with E-state index in [0.29, 0.717) is 34.2 Å². The molecule has 4 aromatic carbocycles. The number of rotatable bonds is 7. The van der Waals surface area contributed by atoms with Crippen LogP contribution in [0.15, 0.2) is 109 Å². The van der Waals surface area contributed by atoms with Gasteiger partial charge in [0, 0.05) is 17.4 Å². The van der Waals surface area contributed by atoms with Crippen molar-refractivity contribution >= 4 is 11.6 Å². The monoisotopic (exact) mass is 475 g/mol. The van der Waals surface area contributed by atoms with Gasteiger partial charge in [-0.3, -0.25) is 4.79 Å². The summed E-state index contributed by atoms with van der Waals surface area (Å²) >= 11 is 0. The number of carbonyl (C=O) groups is 1. The predicted molar refractivity (Wildman–Crippen MR) is 141 cm³/mol. The lowest BCUT2D eigenvalue weighted by atomic mass is 10.1. The molecule has 6 nitrogen and oxygen atoms in total. The number of nitrogens with one attached hydrogen (secondary N) is 1. The molecular weight excluding hydrogens is 450 g/mol. The second kappa shape index (κ2) is 10.2. The Morgan fingerprint density at radius 3 is 2.22 bits per heavy atom. The van der Waals surface area contributed by atoms with E-state index in [1.807, 2.05) is 85.8 Å². The summed E-state index contributed by atoms with van der Waals surface area (Å²) in [6.45, 7) is 2.00. The van der Waals surface area contributed by atoms with Crippen molar-refractivity contribution in [2.24, 2.45) is 0 Å². The Bertz CT molecular complexity index is 1480. The van der Waals surface area contributed by atoms with Crippen molar-refractivity contribution in [3.8, 4) is 34.2 Å². The summed E-state index contributed by atoms with van der Waals surface area (Å²) in [6.07, 6.45) is 1.76. The van der Waals surface area contributed by atoms with Crippen LogP contribution in [-0.4, -0.2) is 22.8 Å². The van der Waals surface area contributed by atoms with Gasteiger partial charge in [-0.1, -0.05) is 54.6 Å². The third-order valence-electron chi connectivity index (χ3n) is 5.69. The summed E-state index contributed by atoms with van der Waals surface area (Å²) in [4.78, 5) is 13.3. The van der Waals surface area contributed by atoms with Gasteiger partial charge in [-0.2, -0.15) is 5.10 Å². The molecule has 5 rings (SSSR count). The average molecular weight is 476 g/mol. The van der Waals surface area contributed by atoms with E-state index in [2.05, 4.69) is 5.32 Å². The second-order valence-corrected chi connectivity index (χ2v) is 8.27. The summed E-state index contributed by atoms with van der Waals surface area (Å²) in [5, 5.41) is 7.70. The van der Waals surface area contributed by atoms with E-state index in [1.165, 1.54) is 0 Å². The maximum atomic E-state index is 13.3. The maximum Gasteiger partial charge on any atom is 0.259 e. The van der Waals surface area contributed by atoms with Crippen molar-refractivity contribution < 1.29 is 14.3 Å². The molecule has 0 fully saturated rings. The number of methoxy groups -OCH3 is 1. The highest BCUT2D eigenvalue weighted by Gasteiger charge is 2.19. The zero-order valence-electron chi connectivity index (χ0n) is 20.0. The molecule has 0 saturated heterocycles. The largest absolute Gasteiger partial charge is 0.493 e. The lowest BCUT2D eigenvalue weighted by Gasteiger charge is -2.11. The molecule has 6 heteroatoms. The molecule has 178 valence electrons. The molecule has 36 heavy (non-hydrogen) atoms. The van der Waals surface area contributed by atoms with Gasteiger partial charge in [-0.15, -0.1) is 0 Å². The molecule has 1 amide bonds. The fraction of sp³-hybridized carbons (Fsp3) is 0.0667. The fourth-order valence-corrected chi connectivity index (χ4v) is 3.85. The Hall–Kier alpha value is -4.84. The Labute approximate surface area is 209 Å². The molecule has 1 heterocycles. The van der Waals surface area contributed by atoms with Gasteiger partial charge >= 0.3 is 0 Å². The first-order valence-corrected chi connectivity index (χ1v) is 11.5. The molecule has 0 atom stereocenters. The van der Waals surface area contributed by atoms with E-state index in [4.69, 9.17) is 14.6 Å². The Morgan fingerprint density at radius 2 is 1.53 bits per heavy atom. The molecule has 0 spiro atoms. The number of ether oxygens (including phenoxy) is 2. The zero-order valence-corrected chi connectivity index (χ0v) is 20.0. The van der Waals surface area contributed by atoms with Crippen LogP contribution in [0.3, 0.4) is 0 Å². The fourth-order valence-electron chi connectivity index (χ4n) is 3.85. The molecule has 1 N–H and O–H groups in total. The standard InChI is InChI=1S/C30H25N3O3/c1-21-13-18-27(28(19-21)35-2)36-25-16-14-23(15-17-25)31-30(34)26-20-33(24-11-7-4-8-12-24)32-29(26)22-9-5-3-6-10-22/h3-20H,1-2H3,(H,31,34). The molecule has 0 bridgehead atoms. The van der Waals surface area contributed by atoms with E-state index in [-0.39, 0.29) is 5.91 Å². The van der Waals surface area contributed by atoms with E-state index in [9.17, 15) is 4.79 Å². The van der Waals surface area contributed by atoms with Gasteiger partial charge in [-0.25, -0.2) is 4.68 Å². The number of aryl methyl sites for hydroxylation is 1.